The molecule has 6 nitrogen and oxygen atoms in total. The first-order valence-electron chi connectivity index (χ1n) is 22.8. The lowest BCUT2D eigenvalue weighted by Crippen LogP contribution is -2.15. The van der Waals surface area contributed by atoms with Gasteiger partial charge in [-0.05, 0) is 82.8 Å². The fourth-order valence-electron chi connectivity index (χ4n) is 10.6. The van der Waals surface area contributed by atoms with Crippen LogP contribution in [0.5, 0.6) is 0 Å². The van der Waals surface area contributed by atoms with Crippen molar-refractivity contribution >= 4 is 66.3 Å². The van der Waals surface area contributed by atoms with E-state index < -0.39 is 0 Å². The molecule has 12 aromatic rings. The quantitative estimate of drug-likeness (QED) is 0.150. The van der Waals surface area contributed by atoms with E-state index in [2.05, 4.69) is 182 Å². The van der Waals surface area contributed by atoms with E-state index in [1.54, 1.807) is 0 Å². The molecule has 0 N–H and O–H groups in total. The lowest BCUT2D eigenvalue weighted by atomic mass is 9.82. The van der Waals surface area contributed by atoms with Crippen LogP contribution >= 0.6 is 0 Å². The first-order valence-corrected chi connectivity index (χ1v) is 22.8. The van der Waals surface area contributed by atoms with Crippen molar-refractivity contribution in [3.8, 4) is 45.5 Å². The molecule has 0 amide bonds. The van der Waals surface area contributed by atoms with E-state index in [1.165, 1.54) is 22.3 Å². The summed E-state index contributed by atoms with van der Waals surface area (Å²) < 4.78 is 11.1. The van der Waals surface area contributed by atoms with Crippen LogP contribution in [0.15, 0.2) is 199 Å². The van der Waals surface area contributed by atoms with Gasteiger partial charge in [-0.25, -0.2) is 4.98 Å². The minimum Gasteiger partial charge on any atom is -0.454 e. The molecule has 0 radical (unpaired) electrons. The summed E-state index contributed by atoms with van der Waals surface area (Å²) >= 11 is 0. The molecule has 8 aromatic carbocycles. The lowest BCUT2D eigenvalue weighted by molar-refractivity contribution is 0.661. The van der Waals surface area contributed by atoms with Crippen LogP contribution in [-0.4, -0.2) is 24.1 Å². The first kappa shape index (κ1) is 38.8. The maximum atomic E-state index is 6.54. The van der Waals surface area contributed by atoms with Crippen molar-refractivity contribution in [2.45, 2.75) is 26.2 Å². The number of hydrogen-bond donors (Lipinski definition) is 0. The monoisotopic (exact) mass is 861 g/mol. The van der Waals surface area contributed by atoms with Gasteiger partial charge in [0.2, 0.25) is 5.95 Å². The largest absolute Gasteiger partial charge is 0.454 e. The van der Waals surface area contributed by atoms with Gasteiger partial charge < -0.3 is 8.98 Å². The van der Waals surface area contributed by atoms with Gasteiger partial charge in [-0.2, -0.15) is 9.97 Å². The van der Waals surface area contributed by atoms with Gasteiger partial charge in [-0.15, -0.1) is 0 Å². The second-order valence-corrected chi connectivity index (χ2v) is 18.1. The number of benzene rings is 8. The molecule has 1 aliphatic rings. The van der Waals surface area contributed by atoms with Gasteiger partial charge in [-0.3, -0.25) is 4.57 Å². The Morgan fingerprint density at radius 2 is 1.18 bits per heavy atom. The van der Waals surface area contributed by atoms with Crippen LogP contribution in [0.25, 0.3) is 112 Å². The maximum Gasteiger partial charge on any atom is 0.238 e. The number of furan rings is 1. The molecule has 4 aromatic heterocycles. The number of hydrogen-bond acceptors (Lipinski definition) is 4. The molecular weight excluding hydrogens is 819 g/mol. The third kappa shape index (κ3) is 5.92. The highest BCUT2D eigenvalue weighted by Gasteiger charge is 2.36. The molecule has 0 aliphatic heterocycles. The highest BCUT2D eigenvalue weighted by Crippen LogP contribution is 2.51. The van der Waals surface area contributed by atoms with E-state index in [1.807, 2.05) is 48.5 Å². The van der Waals surface area contributed by atoms with Crippen LogP contribution < -0.4 is 0 Å². The summed E-state index contributed by atoms with van der Waals surface area (Å²) in [4.78, 5) is 15.5. The zero-order chi connectivity index (χ0) is 45.0. The van der Waals surface area contributed by atoms with E-state index in [-0.39, 0.29) is 5.41 Å². The van der Waals surface area contributed by atoms with E-state index in [4.69, 9.17) is 19.4 Å². The molecule has 0 spiro atoms. The molecule has 0 fully saturated rings. The van der Waals surface area contributed by atoms with Crippen LogP contribution in [-0.2, 0) is 5.41 Å². The van der Waals surface area contributed by atoms with Crippen LogP contribution in [0.3, 0.4) is 0 Å². The molecule has 13 rings (SSSR count). The van der Waals surface area contributed by atoms with Gasteiger partial charge >= 0.3 is 0 Å². The average molecular weight is 862 g/mol. The van der Waals surface area contributed by atoms with Gasteiger partial charge in [-0.1, -0.05) is 172 Å². The number of allylic oxidation sites excluding steroid dienone is 2. The minimum atomic E-state index is -0.199. The molecule has 0 bridgehead atoms. The molecule has 0 unspecified atom stereocenters. The van der Waals surface area contributed by atoms with Crippen molar-refractivity contribution in [3.63, 3.8) is 0 Å². The summed E-state index contributed by atoms with van der Waals surface area (Å²) in [6, 6.07) is 63.9. The topological polar surface area (TPSA) is 61.7 Å². The fourth-order valence-corrected chi connectivity index (χ4v) is 10.6. The standard InChI is InChI=1S/C61H43N5O/c1-37(30-32-42-38(2)65(52-27-15-12-23-44(42)52)54-28-17-25-46-45-24-13-16-29-56(45)67-57(46)54)41-31-33-53-48(34-41)49-35-47-43-22-11-14-26-50(43)61(3,4)51(47)36-55(49)66(53)60-63-58(39-18-7-5-8-19-39)62-59(64-60)40-20-9-6-10-21-40/h5-36H,1H2,2-4H3. The number of rotatable bonds is 7. The van der Waals surface area contributed by atoms with Crippen LogP contribution in [0, 0.1) is 6.92 Å². The molecule has 6 heteroatoms. The smallest absolute Gasteiger partial charge is 0.238 e. The summed E-state index contributed by atoms with van der Waals surface area (Å²) in [7, 11) is 0. The van der Waals surface area contributed by atoms with Crippen molar-refractivity contribution in [2.24, 2.45) is 0 Å². The lowest BCUT2D eigenvalue weighted by Gasteiger charge is -2.21. The summed E-state index contributed by atoms with van der Waals surface area (Å²) in [5, 5.41) is 5.61. The van der Waals surface area contributed by atoms with Crippen LogP contribution in [0.4, 0.5) is 0 Å². The van der Waals surface area contributed by atoms with Crippen molar-refractivity contribution in [3.05, 3.63) is 223 Å². The zero-order valence-corrected chi connectivity index (χ0v) is 37.3. The Balaban J connectivity index is 0.979. The highest BCUT2D eigenvalue weighted by atomic mass is 16.3. The minimum absolute atomic E-state index is 0.199. The molecule has 318 valence electrons. The Bertz CT molecular complexity index is 3980. The van der Waals surface area contributed by atoms with E-state index in [0.717, 1.165) is 93.9 Å². The van der Waals surface area contributed by atoms with Crippen molar-refractivity contribution in [2.75, 3.05) is 0 Å². The number of fused-ring (bicyclic) bond motifs is 10. The Kier molecular flexibility index (Phi) is 8.52. The second kappa shape index (κ2) is 14.7. The van der Waals surface area contributed by atoms with Gasteiger partial charge in [0.15, 0.2) is 17.2 Å². The number of para-hydroxylation sites is 3. The van der Waals surface area contributed by atoms with E-state index >= 15 is 0 Å². The van der Waals surface area contributed by atoms with Crippen LogP contribution in [0.2, 0.25) is 0 Å². The SMILES string of the molecule is C=C(C=Cc1c(C)n(-c2cccc3c2oc2ccccc23)c2ccccc12)c1ccc2c(c1)c1cc3c(cc1n2-c1nc(-c2ccccc2)nc(-c2ccccc2)n1)C(C)(C)c1ccccc1-3. The van der Waals surface area contributed by atoms with Gasteiger partial charge in [0.25, 0.3) is 0 Å². The van der Waals surface area contributed by atoms with E-state index in [9.17, 15) is 0 Å². The Hall–Kier alpha value is -8.61. The summed E-state index contributed by atoms with van der Waals surface area (Å²) in [5.74, 6) is 1.81. The molecule has 0 atom stereocenters. The maximum absolute atomic E-state index is 6.54. The predicted octanol–water partition coefficient (Wildman–Crippen LogP) is 15.5. The fraction of sp³-hybridized carbons (Fsp3) is 0.0656. The number of aromatic nitrogens is 5. The molecule has 0 saturated heterocycles. The second-order valence-electron chi connectivity index (χ2n) is 18.1. The molecular formula is C61H43N5O. The van der Waals surface area contributed by atoms with Crippen molar-refractivity contribution < 1.29 is 4.42 Å². The number of nitrogens with zero attached hydrogens (tertiary/aromatic N) is 5. The normalized spacial score (nSPS) is 13.1. The third-order valence-electron chi connectivity index (χ3n) is 14.0. The molecule has 67 heavy (non-hydrogen) atoms. The predicted molar refractivity (Wildman–Crippen MR) is 276 cm³/mol. The first-order chi connectivity index (χ1) is 32.8. The summed E-state index contributed by atoms with van der Waals surface area (Å²) in [6.07, 6.45) is 4.37. The Labute approximate surface area is 387 Å². The summed E-state index contributed by atoms with van der Waals surface area (Å²) in [6.45, 7) is 11.5. The Morgan fingerprint density at radius 3 is 1.96 bits per heavy atom. The molecule has 0 saturated carbocycles. The molecule has 4 heterocycles. The summed E-state index contributed by atoms with van der Waals surface area (Å²) in [5.41, 5.74) is 16.9. The third-order valence-corrected chi connectivity index (χ3v) is 14.0. The highest BCUT2D eigenvalue weighted by molar-refractivity contribution is 6.13. The zero-order valence-electron chi connectivity index (χ0n) is 37.3. The van der Waals surface area contributed by atoms with Gasteiger partial charge in [0.05, 0.1) is 22.2 Å². The van der Waals surface area contributed by atoms with Gasteiger partial charge in [0.1, 0.15) is 5.58 Å². The van der Waals surface area contributed by atoms with Gasteiger partial charge in [0, 0.05) is 54.7 Å². The molecule has 1 aliphatic carbocycles. The van der Waals surface area contributed by atoms with Crippen LogP contribution in [0.1, 0.15) is 41.8 Å². The van der Waals surface area contributed by atoms with E-state index in [0.29, 0.717) is 17.6 Å². The Morgan fingerprint density at radius 1 is 0.537 bits per heavy atom. The average Bonchev–Trinajstić information content (AvgIpc) is 4.07. The van der Waals surface area contributed by atoms with Crippen molar-refractivity contribution in [1.82, 2.24) is 24.1 Å². The van der Waals surface area contributed by atoms with Crippen molar-refractivity contribution in [1.29, 1.82) is 0 Å².